The first kappa shape index (κ1) is 13.1. The van der Waals surface area contributed by atoms with Crippen LogP contribution in [0.15, 0.2) is 18.2 Å². The third kappa shape index (κ3) is 2.70. The Labute approximate surface area is 117 Å². The standard InChI is InChI=1S/C17H26N2/c1-12-5-4-6-13(2)16(12)17-14(9-10-19(17)3)11-18-15-7-8-15/h4-6,14-15,17-18H,7-11H2,1-3H3. The molecule has 0 radical (unpaired) electrons. The lowest BCUT2D eigenvalue weighted by molar-refractivity contribution is 0.270. The van der Waals surface area contributed by atoms with Crippen molar-refractivity contribution in [2.45, 2.75) is 45.2 Å². The minimum Gasteiger partial charge on any atom is -0.314 e. The van der Waals surface area contributed by atoms with Crippen LogP contribution in [0.2, 0.25) is 0 Å². The molecule has 2 fully saturated rings. The van der Waals surface area contributed by atoms with Crippen LogP contribution in [0.1, 0.15) is 42.0 Å². The van der Waals surface area contributed by atoms with E-state index in [1.54, 1.807) is 5.56 Å². The molecule has 1 N–H and O–H groups in total. The average molecular weight is 258 g/mol. The lowest BCUT2D eigenvalue weighted by atomic mass is 9.88. The topological polar surface area (TPSA) is 15.3 Å². The highest BCUT2D eigenvalue weighted by molar-refractivity contribution is 5.37. The Kier molecular flexibility index (Phi) is 3.64. The van der Waals surface area contributed by atoms with Gasteiger partial charge in [0.25, 0.3) is 0 Å². The van der Waals surface area contributed by atoms with Crippen LogP contribution >= 0.6 is 0 Å². The monoisotopic (exact) mass is 258 g/mol. The summed E-state index contributed by atoms with van der Waals surface area (Å²) in [5.74, 6) is 0.769. The fourth-order valence-electron chi connectivity index (χ4n) is 3.60. The largest absolute Gasteiger partial charge is 0.314 e. The van der Waals surface area contributed by atoms with Gasteiger partial charge in [0, 0.05) is 18.6 Å². The van der Waals surface area contributed by atoms with Crippen LogP contribution < -0.4 is 5.32 Å². The molecular formula is C17H26N2. The maximum atomic E-state index is 3.73. The smallest absolute Gasteiger partial charge is 0.0391 e. The maximum absolute atomic E-state index is 3.73. The van der Waals surface area contributed by atoms with Crippen molar-refractivity contribution in [2.24, 2.45) is 5.92 Å². The van der Waals surface area contributed by atoms with Crippen LogP contribution in [-0.4, -0.2) is 31.1 Å². The van der Waals surface area contributed by atoms with E-state index >= 15 is 0 Å². The van der Waals surface area contributed by atoms with E-state index < -0.39 is 0 Å². The van der Waals surface area contributed by atoms with Gasteiger partial charge in [-0.3, -0.25) is 4.90 Å². The second kappa shape index (κ2) is 5.26. The molecule has 2 atom stereocenters. The van der Waals surface area contributed by atoms with Gasteiger partial charge in [0.05, 0.1) is 0 Å². The quantitative estimate of drug-likeness (QED) is 0.893. The van der Waals surface area contributed by atoms with E-state index in [9.17, 15) is 0 Å². The van der Waals surface area contributed by atoms with E-state index in [1.165, 1.54) is 43.5 Å². The molecule has 1 aliphatic carbocycles. The SMILES string of the molecule is Cc1cccc(C)c1C1C(CNC2CC2)CCN1C. The van der Waals surface area contributed by atoms with Gasteiger partial charge in [-0.15, -0.1) is 0 Å². The molecule has 3 rings (SSSR count). The summed E-state index contributed by atoms with van der Waals surface area (Å²) in [6.45, 7) is 6.95. The van der Waals surface area contributed by atoms with Crippen LogP contribution in [0.5, 0.6) is 0 Å². The summed E-state index contributed by atoms with van der Waals surface area (Å²) in [7, 11) is 2.29. The van der Waals surface area contributed by atoms with Crippen molar-refractivity contribution in [2.75, 3.05) is 20.1 Å². The molecule has 1 heterocycles. The highest BCUT2D eigenvalue weighted by atomic mass is 15.2. The summed E-state index contributed by atoms with van der Waals surface area (Å²) in [5.41, 5.74) is 4.48. The molecule has 1 aromatic carbocycles. The minimum absolute atomic E-state index is 0.604. The highest BCUT2D eigenvalue weighted by Crippen LogP contribution is 2.39. The van der Waals surface area contributed by atoms with E-state index in [2.05, 4.69) is 49.3 Å². The fraction of sp³-hybridized carbons (Fsp3) is 0.647. The molecule has 0 amide bonds. The van der Waals surface area contributed by atoms with Gasteiger partial charge >= 0.3 is 0 Å². The third-order valence-electron chi connectivity index (χ3n) is 4.86. The van der Waals surface area contributed by atoms with Gasteiger partial charge in [-0.25, -0.2) is 0 Å². The van der Waals surface area contributed by atoms with Crippen molar-refractivity contribution in [3.8, 4) is 0 Å². The Balaban J connectivity index is 1.82. The van der Waals surface area contributed by atoms with Crippen LogP contribution in [0.3, 0.4) is 0 Å². The molecular weight excluding hydrogens is 232 g/mol. The van der Waals surface area contributed by atoms with E-state index in [0.29, 0.717) is 6.04 Å². The zero-order valence-corrected chi connectivity index (χ0v) is 12.4. The first-order valence-corrected chi connectivity index (χ1v) is 7.66. The van der Waals surface area contributed by atoms with Gasteiger partial charge < -0.3 is 5.32 Å². The normalized spacial score (nSPS) is 27.9. The van der Waals surface area contributed by atoms with Crippen molar-refractivity contribution in [3.05, 3.63) is 34.9 Å². The van der Waals surface area contributed by atoms with E-state index in [0.717, 1.165) is 12.0 Å². The molecule has 1 aromatic rings. The molecule has 2 unspecified atom stereocenters. The number of rotatable bonds is 4. The van der Waals surface area contributed by atoms with Gasteiger partial charge in [-0.05, 0) is 69.3 Å². The third-order valence-corrected chi connectivity index (χ3v) is 4.86. The van der Waals surface area contributed by atoms with Crippen molar-refractivity contribution >= 4 is 0 Å². The number of benzene rings is 1. The predicted molar refractivity (Wildman–Crippen MR) is 80.4 cm³/mol. The predicted octanol–water partition coefficient (Wildman–Crippen LogP) is 3.05. The van der Waals surface area contributed by atoms with E-state index in [4.69, 9.17) is 0 Å². The number of hydrogen-bond donors (Lipinski definition) is 1. The highest BCUT2D eigenvalue weighted by Gasteiger charge is 2.35. The lowest BCUT2D eigenvalue weighted by Gasteiger charge is -2.29. The first-order valence-electron chi connectivity index (χ1n) is 7.66. The summed E-state index contributed by atoms with van der Waals surface area (Å²) in [6.07, 6.45) is 4.10. The van der Waals surface area contributed by atoms with Crippen molar-refractivity contribution in [1.29, 1.82) is 0 Å². The van der Waals surface area contributed by atoms with Crippen molar-refractivity contribution < 1.29 is 0 Å². The van der Waals surface area contributed by atoms with E-state index in [1.807, 2.05) is 0 Å². The Morgan fingerprint density at radius 3 is 2.47 bits per heavy atom. The molecule has 104 valence electrons. The maximum Gasteiger partial charge on any atom is 0.0391 e. The fourth-order valence-corrected chi connectivity index (χ4v) is 3.60. The summed E-state index contributed by atoms with van der Waals surface area (Å²) < 4.78 is 0. The molecule has 2 aliphatic rings. The molecule has 1 saturated heterocycles. The molecule has 19 heavy (non-hydrogen) atoms. The van der Waals surface area contributed by atoms with E-state index in [-0.39, 0.29) is 0 Å². The molecule has 0 aromatic heterocycles. The van der Waals surface area contributed by atoms with Gasteiger partial charge in [0.1, 0.15) is 0 Å². The summed E-state index contributed by atoms with van der Waals surface area (Å²) in [6, 6.07) is 8.14. The minimum atomic E-state index is 0.604. The van der Waals surface area contributed by atoms with Crippen molar-refractivity contribution in [3.63, 3.8) is 0 Å². The second-order valence-electron chi connectivity index (χ2n) is 6.46. The van der Waals surface area contributed by atoms with Crippen LogP contribution in [0.4, 0.5) is 0 Å². The average Bonchev–Trinajstić information content (AvgIpc) is 3.13. The van der Waals surface area contributed by atoms with Crippen LogP contribution in [0.25, 0.3) is 0 Å². The number of nitrogens with one attached hydrogen (secondary N) is 1. The first-order chi connectivity index (χ1) is 9.16. The van der Waals surface area contributed by atoms with Gasteiger partial charge in [-0.2, -0.15) is 0 Å². The molecule has 1 saturated carbocycles. The Bertz CT molecular complexity index is 430. The summed E-state index contributed by atoms with van der Waals surface area (Å²) >= 11 is 0. The van der Waals surface area contributed by atoms with Crippen molar-refractivity contribution in [1.82, 2.24) is 10.2 Å². The van der Waals surface area contributed by atoms with Gasteiger partial charge in [-0.1, -0.05) is 18.2 Å². The Morgan fingerprint density at radius 2 is 1.84 bits per heavy atom. The summed E-state index contributed by atoms with van der Waals surface area (Å²) in [5, 5.41) is 3.73. The second-order valence-corrected chi connectivity index (χ2v) is 6.46. The van der Waals surface area contributed by atoms with Gasteiger partial charge in [0.2, 0.25) is 0 Å². The Hall–Kier alpha value is -0.860. The molecule has 0 spiro atoms. The van der Waals surface area contributed by atoms with Crippen LogP contribution in [0, 0.1) is 19.8 Å². The zero-order valence-electron chi connectivity index (χ0n) is 12.4. The number of hydrogen-bond acceptors (Lipinski definition) is 2. The zero-order chi connectivity index (χ0) is 13.4. The summed E-state index contributed by atoms with van der Waals surface area (Å²) in [4.78, 5) is 2.55. The molecule has 0 bridgehead atoms. The molecule has 2 heteroatoms. The number of nitrogens with zero attached hydrogens (tertiary/aromatic N) is 1. The van der Waals surface area contributed by atoms with Crippen LogP contribution in [-0.2, 0) is 0 Å². The number of aryl methyl sites for hydroxylation is 2. The Morgan fingerprint density at radius 1 is 1.16 bits per heavy atom. The number of likely N-dealkylation sites (tertiary alicyclic amines) is 1. The van der Waals surface area contributed by atoms with Gasteiger partial charge in [0.15, 0.2) is 0 Å². The molecule has 1 aliphatic heterocycles. The molecule has 2 nitrogen and oxygen atoms in total. The lowest BCUT2D eigenvalue weighted by Crippen LogP contribution is -2.30.